The normalized spacial score (nSPS) is 11.9. The van der Waals surface area contributed by atoms with Crippen LogP contribution in [0.5, 0.6) is 0 Å². The number of thiophene rings is 1. The molecule has 0 atom stereocenters. The van der Waals surface area contributed by atoms with Gasteiger partial charge in [-0.05, 0) is 11.4 Å². The number of rotatable bonds is 2. The molecule has 16 heavy (non-hydrogen) atoms. The molecule has 9 heteroatoms. The number of aromatic nitrogens is 3. The molecule has 0 spiro atoms. The molecule has 0 amide bonds. The van der Waals surface area contributed by atoms with E-state index < -0.39 is 10.0 Å². The number of halogens is 1. The molecular formula is C7H7ClN4O2S2. The highest BCUT2D eigenvalue weighted by Gasteiger charge is 2.21. The molecule has 0 aliphatic carbocycles. The summed E-state index contributed by atoms with van der Waals surface area (Å²) in [5, 5.41) is 14.3. The lowest BCUT2D eigenvalue weighted by molar-refractivity contribution is 0.580. The van der Waals surface area contributed by atoms with Gasteiger partial charge in [0.1, 0.15) is 0 Å². The smallest absolute Gasteiger partial charge is 0.273 e. The van der Waals surface area contributed by atoms with E-state index in [1.807, 2.05) is 0 Å². The summed E-state index contributed by atoms with van der Waals surface area (Å²) in [6.07, 6.45) is 0. The molecule has 0 bridgehead atoms. The molecule has 2 aromatic heterocycles. The third-order valence-electron chi connectivity index (χ3n) is 1.91. The fourth-order valence-corrected chi connectivity index (χ4v) is 3.00. The molecule has 0 fully saturated rings. The van der Waals surface area contributed by atoms with Crippen LogP contribution in [-0.2, 0) is 17.1 Å². The molecular weight excluding hydrogens is 272 g/mol. The Bertz CT molecular complexity index is 631. The van der Waals surface area contributed by atoms with Crippen LogP contribution in [-0.4, -0.2) is 23.2 Å². The van der Waals surface area contributed by atoms with Crippen LogP contribution in [0.4, 0.5) is 0 Å². The molecule has 0 radical (unpaired) electrons. The Labute approximate surface area is 101 Å². The van der Waals surface area contributed by atoms with Crippen LogP contribution in [0.2, 0.25) is 5.02 Å². The predicted octanol–water partition coefficient (Wildman–Crippen LogP) is 0.844. The Morgan fingerprint density at radius 3 is 2.62 bits per heavy atom. The van der Waals surface area contributed by atoms with Gasteiger partial charge >= 0.3 is 0 Å². The van der Waals surface area contributed by atoms with Crippen molar-refractivity contribution in [2.75, 3.05) is 0 Å². The first-order valence-corrected chi connectivity index (χ1v) is 6.87. The lowest BCUT2D eigenvalue weighted by Gasteiger charge is -2.00. The fraction of sp³-hybridized carbons (Fsp3) is 0.143. The molecule has 2 heterocycles. The maximum Gasteiger partial charge on any atom is 0.273 e. The van der Waals surface area contributed by atoms with Crippen molar-refractivity contribution in [2.24, 2.45) is 12.2 Å². The van der Waals surface area contributed by atoms with E-state index >= 15 is 0 Å². The van der Waals surface area contributed by atoms with Gasteiger partial charge in [0, 0.05) is 7.05 Å². The molecule has 0 aromatic carbocycles. The summed E-state index contributed by atoms with van der Waals surface area (Å²) >= 11 is 7.27. The van der Waals surface area contributed by atoms with Crippen molar-refractivity contribution in [3.05, 3.63) is 16.5 Å². The van der Waals surface area contributed by atoms with Crippen LogP contribution < -0.4 is 5.14 Å². The van der Waals surface area contributed by atoms with Crippen molar-refractivity contribution < 1.29 is 8.42 Å². The zero-order valence-electron chi connectivity index (χ0n) is 8.08. The maximum atomic E-state index is 11.1. The highest BCUT2D eigenvalue weighted by atomic mass is 35.5. The second-order valence-corrected chi connectivity index (χ2v) is 5.79. The molecule has 2 aromatic rings. The minimum atomic E-state index is -3.87. The van der Waals surface area contributed by atoms with Crippen molar-refractivity contribution in [3.63, 3.8) is 0 Å². The van der Waals surface area contributed by atoms with Gasteiger partial charge in [0.25, 0.3) is 15.2 Å². The molecule has 0 aliphatic heterocycles. The Morgan fingerprint density at radius 1 is 1.50 bits per heavy atom. The van der Waals surface area contributed by atoms with Crippen LogP contribution in [0.25, 0.3) is 10.7 Å². The summed E-state index contributed by atoms with van der Waals surface area (Å²) in [4.78, 5) is 0.659. The Morgan fingerprint density at radius 2 is 2.19 bits per heavy atom. The van der Waals surface area contributed by atoms with E-state index in [9.17, 15) is 8.42 Å². The molecule has 0 saturated heterocycles. The van der Waals surface area contributed by atoms with Crippen LogP contribution in [0.1, 0.15) is 0 Å². The minimum absolute atomic E-state index is 0.285. The Kier molecular flexibility index (Phi) is 2.74. The molecule has 0 saturated carbocycles. The molecule has 86 valence electrons. The second kappa shape index (κ2) is 3.81. The van der Waals surface area contributed by atoms with Crippen LogP contribution in [0.3, 0.4) is 0 Å². The van der Waals surface area contributed by atoms with E-state index in [1.54, 1.807) is 11.4 Å². The van der Waals surface area contributed by atoms with Gasteiger partial charge in [-0.1, -0.05) is 11.6 Å². The van der Waals surface area contributed by atoms with Gasteiger partial charge in [0.2, 0.25) is 0 Å². The number of nitrogens with two attached hydrogens (primary N) is 1. The molecule has 2 rings (SSSR count). The average Bonchev–Trinajstić information content (AvgIpc) is 2.70. The van der Waals surface area contributed by atoms with Gasteiger partial charge < -0.3 is 0 Å². The molecule has 6 nitrogen and oxygen atoms in total. The first-order valence-electron chi connectivity index (χ1n) is 4.07. The van der Waals surface area contributed by atoms with Crippen molar-refractivity contribution in [2.45, 2.75) is 5.16 Å². The van der Waals surface area contributed by atoms with E-state index in [1.165, 1.54) is 23.0 Å². The third-order valence-corrected chi connectivity index (χ3v) is 4.11. The number of primary sulfonamides is 1. The second-order valence-electron chi connectivity index (χ2n) is 3.01. The van der Waals surface area contributed by atoms with Crippen molar-refractivity contribution in [3.8, 4) is 10.7 Å². The monoisotopic (exact) mass is 278 g/mol. The van der Waals surface area contributed by atoms with Crippen molar-refractivity contribution >= 4 is 33.0 Å². The topological polar surface area (TPSA) is 90.9 Å². The van der Waals surface area contributed by atoms with Gasteiger partial charge in [0.05, 0.1) is 9.90 Å². The number of hydrogen-bond donors (Lipinski definition) is 1. The lowest BCUT2D eigenvalue weighted by Crippen LogP contribution is -2.17. The number of hydrogen-bond acceptors (Lipinski definition) is 5. The quantitative estimate of drug-likeness (QED) is 0.881. The minimum Gasteiger partial charge on any atom is -0.299 e. The summed E-state index contributed by atoms with van der Waals surface area (Å²) < 4.78 is 23.6. The highest BCUT2D eigenvalue weighted by Crippen LogP contribution is 2.32. The van der Waals surface area contributed by atoms with Gasteiger partial charge in [0.15, 0.2) is 5.82 Å². The summed E-state index contributed by atoms with van der Waals surface area (Å²) in [5.41, 5.74) is 0. The number of sulfonamides is 1. The average molecular weight is 279 g/mol. The van der Waals surface area contributed by atoms with E-state index in [-0.39, 0.29) is 5.16 Å². The van der Waals surface area contributed by atoms with E-state index in [0.717, 1.165) is 0 Å². The summed E-state index contributed by atoms with van der Waals surface area (Å²) in [7, 11) is -2.35. The summed E-state index contributed by atoms with van der Waals surface area (Å²) in [6, 6.07) is 1.70. The third kappa shape index (κ3) is 1.84. The Balaban J connectivity index is 2.63. The van der Waals surface area contributed by atoms with Gasteiger partial charge in [-0.2, -0.15) is 0 Å². The lowest BCUT2D eigenvalue weighted by atomic mass is 10.4. The number of nitrogens with zero attached hydrogens (tertiary/aromatic N) is 3. The molecule has 2 N–H and O–H groups in total. The van der Waals surface area contributed by atoms with E-state index in [4.69, 9.17) is 16.7 Å². The first-order chi connectivity index (χ1) is 7.41. The highest BCUT2D eigenvalue weighted by molar-refractivity contribution is 7.89. The largest absolute Gasteiger partial charge is 0.299 e. The van der Waals surface area contributed by atoms with Crippen LogP contribution in [0.15, 0.2) is 16.6 Å². The van der Waals surface area contributed by atoms with Gasteiger partial charge in [-0.15, -0.1) is 21.5 Å². The van der Waals surface area contributed by atoms with Gasteiger partial charge in [-0.25, -0.2) is 13.6 Å². The predicted molar refractivity (Wildman–Crippen MR) is 60.7 cm³/mol. The van der Waals surface area contributed by atoms with Crippen LogP contribution >= 0.6 is 22.9 Å². The van der Waals surface area contributed by atoms with Gasteiger partial charge in [-0.3, -0.25) is 4.57 Å². The SMILES string of the molecule is Cn1c(-c2sccc2Cl)nnc1S(N)(=O)=O. The van der Waals surface area contributed by atoms with Crippen LogP contribution in [0, 0.1) is 0 Å². The van der Waals surface area contributed by atoms with E-state index in [2.05, 4.69) is 10.2 Å². The zero-order chi connectivity index (χ0) is 11.9. The standard InChI is InChI=1S/C7H7ClN4O2S2/c1-12-6(5-4(8)2-3-15-5)10-11-7(12)16(9,13)14/h2-3H,1H3,(H2,9,13,14). The fourth-order valence-electron chi connectivity index (χ4n) is 1.21. The molecule has 0 aliphatic rings. The first kappa shape index (κ1) is 11.5. The summed E-state index contributed by atoms with van der Waals surface area (Å²) in [5.74, 6) is 0.379. The molecule has 0 unspecified atom stereocenters. The Hall–Kier alpha value is -0.960. The van der Waals surface area contributed by atoms with Crippen molar-refractivity contribution in [1.29, 1.82) is 0 Å². The zero-order valence-corrected chi connectivity index (χ0v) is 10.5. The summed E-state index contributed by atoms with van der Waals surface area (Å²) in [6.45, 7) is 0. The van der Waals surface area contributed by atoms with Crippen molar-refractivity contribution in [1.82, 2.24) is 14.8 Å². The maximum absolute atomic E-state index is 11.1. The van der Waals surface area contributed by atoms with E-state index in [0.29, 0.717) is 15.7 Å².